The van der Waals surface area contributed by atoms with Crippen LogP contribution < -0.4 is 19.7 Å². The Kier molecular flexibility index (Phi) is 3.67. The van der Waals surface area contributed by atoms with Crippen molar-refractivity contribution in [2.24, 2.45) is 0 Å². The van der Waals surface area contributed by atoms with Crippen LogP contribution in [0, 0.1) is 0 Å². The van der Waals surface area contributed by atoms with Crippen molar-refractivity contribution in [3.63, 3.8) is 0 Å². The van der Waals surface area contributed by atoms with E-state index in [0.717, 1.165) is 16.9 Å². The summed E-state index contributed by atoms with van der Waals surface area (Å²) in [7, 11) is 2.07. The molecule has 5 heteroatoms. The highest BCUT2D eigenvalue weighted by Gasteiger charge is 2.30. The quantitative estimate of drug-likeness (QED) is 0.775. The van der Waals surface area contributed by atoms with Gasteiger partial charge >= 0.3 is 0 Å². The van der Waals surface area contributed by atoms with Gasteiger partial charge in [0, 0.05) is 29.4 Å². The molecule has 0 spiro atoms. The van der Waals surface area contributed by atoms with Crippen molar-refractivity contribution in [1.82, 2.24) is 0 Å². The molecule has 0 aromatic heterocycles. The summed E-state index contributed by atoms with van der Waals surface area (Å²) in [6.07, 6.45) is 0.233. The molecule has 1 atom stereocenters. The van der Waals surface area contributed by atoms with E-state index >= 15 is 0 Å². The van der Waals surface area contributed by atoms with Crippen LogP contribution in [0.5, 0.6) is 11.5 Å². The third kappa shape index (κ3) is 2.76. The van der Waals surface area contributed by atoms with Gasteiger partial charge in [0.05, 0.1) is 13.0 Å². The Morgan fingerprint density at radius 2 is 1.96 bits per heavy atom. The normalized spacial score (nSPS) is 17.5. The highest BCUT2D eigenvalue weighted by atomic mass is 16.6. The molecular weight excluding hydrogens is 340 g/mol. The number of hydrogen-bond acceptors (Lipinski definition) is 4. The molecule has 2 heterocycles. The van der Waals surface area contributed by atoms with Gasteiger partial charge in [0.15, 0.2) is 17.6 Å². The average molecular weight is 360 g/mol. The fraction of sp³-hybridized carbons (Fsp3) is 0.227. The molecule has 5 rings (SSSR count). The summed E-state index contributed by atoms with van der Waals surface area (Å²) in [4.78, 5) is 13.9. The zero-order chi connectivity index (χ0) is 18.4. The van der Waals surface area contributed by atoms with E-state index in [-0.39, 0.29) is 12.0 Å². The van der Waals surface area contributed by atoms with Crippen LogP contribution in [0.4, 0.5) is 11.4 Å². The van der Waals surface area contributed by atoms with Crippen LogP contribution in [-0.2, 0) is 11.2 Å². The molecule has 1 unspecified atom stereocenters. The number of amides is 1. The van der Waals surface area contributed by atoms with Gasteiger partial charge in [0.1, 0.15) is 6.61 Å². The molecule has 1 N–H and O–H groups in total. The maximum absolute atomic E-state index is 11.7. The highest BCUT2D eigenvalue weighted by molar-refractivity contribution is 6.00. The van der Waals surface area contributed by atoms with Crippen molar-refractivity contribution >= 4 is 28.1 Å². The second kappa shape index (κ2) is 6.20. The van der Waals surface area contributed by atoms with Crippen LogP contribution in [0.3, 0.4) is 0 Å². The summed E-state index contributed by atoms with van der Waals surface area (Å²) >= 11 is 0. The number of benzene rings is 3. The predicted octanol–water partition coefficient (Wildman–Crippen LogP) is 3.61. The van der Waals surface area contributed by atoms with Gasteiger partial charge in [0.2, 0.25) is 5.91 Å². The van der Waals surface area contributed by atoms with Crippen molar-refractivity contribution in [3.8, 4) is 11.5 Å². The van der Waals surface area contributed by atoms with Crippen LogP contribution in [-0.4, -0.2) is 32.2 Å². The van der Waals surface area contributed by atoms with E-state index in [2.05, 4.69) is 59.7 Å². The standard InChI is InChI=1S/C22H20N2O3/c1-24(19-8-4-6-14-5-2-3-7-16(14)19)12-15-13-26-20-10-9-18-17(22(20)27-15)11-21(25)23-18/h2-10,15H,11-13H2,1H3,(H,23,25). The van der Waals surface area contributed by atoms with Gasteiger partial charge in [-0.1, -0.05) is 36.4 Å². The third-order valence-electron chi connectivity index (χ3n) is 5.20. The summed E-state index contributed by atoms with van der Waals surface area (Å²) < 4.78 is 12.2. The molecule has 136 valence electrons. The van der Waals surface area contributed by atoms with Crippen molar-refractivity contribution in [2.45, 2.75) is 12.5 Å². The molecule has 3 aromatic rings. The maximum atomic E-state index is 11.7. The number of ether oxygens (including phenoxy) is 2. The largest absolute Gasteiger partial charge is 0.486 e. The molecule has 0 aliphatic carbocycles. The minimum atomic E-state index is -0.108. The molecule has 2 aliphatic rings. The average Bonchev–Trinajstić information content (AvgIpc) is 3.08. The number of nitrogens with zero attached hydrogens (tertiary/aromatic N) is 1. The molecule has 0 radical (unpaired) electrons. The Balaban J connectivity index is 1.40. The molecule has 1 amide bonds. The van der Waals surface area contributed by atoms with Crippen LogP contribution >= 0.6 is 0 Å². The molecule has 27 heavy (non-hydrogen) atoms. The summed E-state index contributed by atoms with van der Waals surface area (Å²) in [5.74, 6) is 1.42. The molecule has 0 bridgehead atoms. The van der Waals surface area contributed by atoms with E-state index in [9.17, 15) is 4.79 Å². The number of rotatable bonds is 3. The summed E-state index contributed by atoms with van der Waals surface area (Å²) in [6, 6.07) is 18.4. The van der Waals surface area contributed by atoms with E-state index in [1.165, 1.54) is 10.8 Å². The molecule has 3 aromatic carbocycles. The SMILES string of the molecule is CN(CC1COc2ccc3c(c2O1)CC(=O)N3)c1cccc2ccccc12. The van der Waals surface area contributed by atoms with Crippen molar-refractivity contribution in [2.75, 3.05) is 30.4 Å². The van der Waals surface area contributed by atoms with Gasteiger partial charge in [-0.2, -0.15) is 0 Å². The van der Waals surface area contributed by atoms with E-state index < -0.39 is 0 Å². The summed E-state index contributed by atoms with van der Waals surface area (Å²) in [6.45, 7) is 1.18. The summed E-state index contributed by atoms with van der Waals surface area (Å²) in [5, 5.41) is 5.30. The number of fused-ring (bicyclic) bond motifs is 4. The van der Waals surface area contributed by atoms with Crippen molar-refractivity contribution in [3.05, 3.63) is 60.2 Å². The number of hydrogen-bond donors (Lipinski definition) is 1. The number of carbonyl (C=O) groups excluding carboxylic acids is 1. The van der Waals surface area contributed by atoms with E-state index in [4.69, 9.17) is 9.47 Å². The first-order valence-corrected chi connectivity index (χ1v) is 9.13. The Morgan fingerprint density at radius 3 is 2.89 bits per heavy atom. The molecule has 0 fully saturated rings. The Bertz CT molecular complexity index is 1040. The number of likely N-dealkylation sites (N-methyl/N-ethyl adjacent to an activating group) is 1. The molecule has 0 saturated carbocycles. The van der Waals surface area contributed by atoms with Crippen LogP contribution in [0.15, 0.2) is 54.6 Å². The van der Waals surface area contributed by atoms with Gasteiger partial charge in [-0.25, -0.2) is 0 Å². The van der Waals surface area contributed by atoms with E-state index in [1.54, 1.807) is 0 Å². The topological polar surface area (TPSA) is 50.8 Å². The number of carbonyl (C=O) groups is 1. The lowest BCUT2D eigenvalue weighted by Crippen LogP contribution is -2.39. The molecule has 2 aliphatic heterocycles. The van der Waals surface area contributed by atoms with Crippen molar-refractivity contribution in [1.29, 1.82) is 0 Å². The summed E-state index contributed by atoms with van der Waals surface area (Å²) in [5.41, 5.74) is 2.89. The van der Waals surface area contributed by atoms with Gasteiger partial charge < -0.3 is 19.7 Å². The fourth-order valence-electron chi connectivity index (χ4n) is 3.92. The molecule has 5 nitrogen and oxygen atoms in total. The van der Waals surface area contributed by atoms with E-state index in [0.29, 0.717) is 31.1 Å². The van der Waals surface area contributed by atoms with Gasteiger partial charge in [-0.3, -0.25) is 4.79 Å². The fourth-order valence-corrected chi connectivity index (χ4v) is 3.92. The first-order valence-electron chi connectivity index (χ1n) is 9.13. The number of nitrogens with one attached hydrogen (secondary N) is 1. The Labute approximate surface area is 157 Å². The predicted molar refractivity (Wildman–Crippen MR) is 106 cm³/mol. The molecular formula is C22H20N2O3. The monoisotopic (exact) mass is 360 g/mol. The zero-order valence-electron chi connectivity index (χ0n) is 15.1. The Hall–Kier alpha value is -3.21. The minimum absolute atomic E-state index is 0.00278. The van der Waals surface area contributed by atoms with Crippen LogP contribution in [0.2, 0.25) is 0 Å². The smallest absolute Gasteiger partial charge is 0.229 e. The zero-order valence-corrected chi connectivity index (χ0v) is 15.1. The first-order chi connectivity index (χ1) is 13.2. The van der Waals surface area contributed by atoms with Gasteiger partial charge in [0.25, 0.3) is 0 Å². The maximum Gasteiger partial charge on any atom is 0.229 e. The lowest BCUT2D eigenvalue weighted by Gasteiger charge is -2.32. The lowest BCUT2D eigenvalue weighted by atomic mass is 10.1. The highest BCUT2D eigenvalue weighted by Crippen LogP contribution is 2.42. The first kappa shape index (κ1) is 16.0. The minimum Gasteiger partial charge on any atom is -0.486 e. The third-order valence-corrected chi connectivity index (χ3v) is 5.20. The second-order valence-electron chi connectivity index (χ2n) is 7.07. The van der Waals surface area contributed by atoms with Crippen molar-refractivity contribution < 1.29 is 14.3 Å². The van der Waals surface area contributed by atoms with E-state index in [1.807, 2.05) is 12.1 Å². The van der Waals surface area contributed by atoms with Crippen LogP contribution in [0.25, 0.3) is 10.8 Å². The van der Waals surface area contributed by atoms with Gasteiger partial charge in [-0.05, 0) is 23.6 Å². The Morgan fingerprint density at radius 1 is 1.11 bits per heavy atom. The van der Waals surface area contributed by atoms with Crippen LogP contribution in [0.1, 0.15) is 5.56 Å². The molecule has 0 saturated heterocycles. The number of anilines is 2. The lowest BCUT2D eigenvalue weighted by molar-refractivity contribution is -0.115. The second-order valence-corrected chi connectivity index (χ2v) is 7.07. The van der Waals surface area contributed by atoms with Gasteiger partial charge in [-0.15, -0.1) is 0 Å².